The van der Waals surface area contributed by atoms with Gasteiger partial charge in [-0.1, -0.05) is 12.1 Å². The Hall–Kier alpha value is -4.10. The number of rotatable bonds is 12. The second-order valence-corrected chi connectivity index (χ2v) is 11.5. The summed E-state index contributed by atoms with van der Waals surface area (Å²) in [6.07, 6.45) is -6.98. The first-order valence-corrected chi connectivity index (χ1v) is 14.6. The van der Waals surface area contributed by atoms with Crippen molar-refractivity contribution >= 4 is 11.9 Å². The molecule has 2 fully saturated rings. The Labute approximate surface area is 267 Å². The molecular formula is C30H37N3O14. The first kappa shape index (κ1) is 34.2. The number of aliphatic hydroxyl groups excluding tert-OH is 2. The Morgan fingerprint density at radius 1 is 1.11 bits per heavy atom. The van der Waals surface area contributed by atoms with E-state index in [1.807, 2.05) is 0 Å². The standard InChI is InChI=1S/C30H37N3O14/c1-30(2)46-18-11-19(27(38)41-4)43-28(23(18)47-30)45-24(25(31)37)22-17(12-34)21(36)26(44-22)32-10-9-20(35)33(29(32)39)14-42-13-15-5-7-16(40-3)8-6-15/h5-11,17-18,21-24,26,28,34,36H,12-14H2,1-4H3,(H2,31,37)/t17-,18-,21+,22-,23-,24+,26+,28+/m0/s1. The zero-order valence-corrected chi connectivity index (χ0v) is 26.0. The number of fused-ring (bicyclic) bond motifs is 1. The fourth-order valence-electron chi connectivity index (χ4n) is 5.62. The van der Waals surface area contributed by atoms with Crippen LogP contribution in [0.15, 0.2) is 58.0 Å². The molecule has 17 nitrogen and oxygen atoms in total. The summed E-state index contributed by atoms with van der Waals surface area (Å²) in [5.74, 6) is -3.86. The van der Waals surface area contributed by atoms with Gasteiger partial charge in [0.2, 0.25) is 18.0 Å². The van der Waals surface area contributed by atoms with Gasteiger partial charge in [-0.05, 0) is 37.6 Å². The van der Waals surface area contributed by atoms with E-state index in [0.29, 0.717) is 5.75 Å². The minimum absolute atomic E-state index is 0.0729. The van der Waals surface area contributed by atoms with Crippen molar-refractivity contribution in [1.29, 1.82) is 0 Å². The minimum atomic E-state index is -1.70. The fraction of sp³-hybridized carbons (Fsp3) is 0.533. The van der Waals surface area contributed by atoms with Gasteiger partial charge in [0, 0.05) is 18.2 Å². The summed E-state index contributed by atoms with van der Waals surface area (Å²) in [6, 6.07) is 8.07. The summed E-state index contributed by atoms with van der Waals surface area (Å²) in [6.45, 7) is 2.19. The molecule has 4 N–H and O–H groups in total. The predicted octanol–water partition coefficient (Wildman–Crippen LogP) is -1.14. The molecule has 4 heterocycles. The van der Waals surface area contributed by atoms with Crippen molar-refractivity contribution in [1.82, 2.24) is 9.13 Å². The Bertz CT molecular complexity index is 1600. The van der Waals surface area contributed by atoms with E-state index in [9.17, 15) is 29.4 Å². The van der Waals surface area contributed by atoms with E-state index in [4.69, 9.17) is 43.6 Å². The number of primary amides is 1. The second-order valence-electron chi connectivity index (χ2n) is 11.5. The van der Waals surface area contributed by atoms with E-state index >= 15 is 0 Å². The molecule has 5 rings (SSSR count). The van der Waals surface area contributed by atoms with Crippen molar-refractivity contribution in [3.8, 4) is 5.75 Å². The van der Waals surface area contributed by atoms with Crippen molar-refractivity contribution in [2.45, 2.75) is 76.0 Å². The molecule has 47 heavy (non-hydrogen) atoms. The summed E-state index contributed by atoms with van der Waals surface area (Å²) in [7, 11) is 2.68. The molecule has 2 saturated heterocycles. The largest absolute Gasteiger partial charge is 0.497 e. The van der Waals surface area contributed by atoms with E-state index < -0.39 is 91.2 Å². The third-order valence-corrected chi connectivity index (χ3v) is 7.91. The van der Waals surface area contributed by atoms with Gasteiger partial charge in [-0.25, -0.2) is 14.2 Å². The Morgan fingerprint density at radius 2 is 1.83 bits per heavy atom. The van der Waals surface area contributed by atoms with E-state index in [2.05, 4.69) is 0 Å². The summed E-state index contributed by atoms with van der Waals surface area (Å²) in [4.78, 5) is 51.1. The van der Waals surface area contributed by atoms with Gasteiger partial charge >= 0.3 is 11.7 Å². The third kappa shape index (κ3) is 7.10. The van der Waals surface area contributed by atoms with Gasteiger partial charge in [-0.2, -0.15) is 0 Å². The van der Waals surface area contributed by atoms with Crippen molar-refractivity contribution in [3.63, 3.8) is 0 Å². The molecule has 1 aromatic carbocycles. The molecule has 0 aliphatic carbocycles. The Balaban J connectivity index is 1.36. The quantitative estimate of drug-likeness (QED) is 0.229. The summed E-state index contributed by atoms with van der Waals surface area (Å²) in [5.41, 5.74) is 4.89. The van der Waals surface area contributed by atoms with Gasteiger partial charge in [-0.3, -0.25) is 14.2 Å². The lowest BCUT2D eigenvalue weighted by Crippen LogP contribution is -2.52. The predicted molar refractivity (Wildman–Crippen MR) is 156 cm³/mol. The van der Waals surface area contributed by atoms with Gasteiger partial charge in [0.25, 0.3) is 5.56 Å². The first-order chi connectivity index (χ1) is 22.4. The molecular weight excluding hydrogens is 626 g/mol. The zero-order valence-electron chi connectivity index (χ0n) is 26.0. The number of nitrogens with two attached hydrogens (primary N) is 1. The molecule has 17 heteroatoms. The van der Waals surface area contributed by atoms with E-state index in [1.165, 1.54) is 13.2 Å². The van der Waals surface area contributed by atoms with E-state index in [-0.39, 0.29) is 12.4 Å². The molecule has 3 aliphatic heterocycles. The molecule has 256 valence electrons. The number of hydrogen-bond donors (Lipinski definition) is 3. The normalized spacial score (nSPS) is 28.6. The molecule has 8 atom stereocenters. The highest BCUT2D eigenvalue weighted by Crippen LogP contribution is 2.40. The lowest BCUT2D eigenvalue weighted by molar-refractivity contribution is -0.241. The van der Waals surface area contributed by atoms with Crippen LogP contribution in [0.2, 0.25) is 0 Å². The highest BCUT2D eigenvalue weighted by Gasteiger charge is 2.54. The number of nitrogens with zero attached hydrogens (tertiary/aromatic N) is 2. The lowest BCUT2D eigenvalue weighted by atomic mass is 9.94. The molecule has 0 bridgehead atoms. The van der Waals surface area contributed by atoms with Gasteiger partial charge in [0.15, 0.2) is 24.2 Å². The summed E-state index contributed by atoms with van der Waals surface area (Å²) in [5, 5.41) is 21.4. The van der Waals surface area contributed by atoms with Crippen molar-refractivity contribution in [3.05, 3.63) is 74.8 Å². The number of carbonyl (C=O) groups excluding carboxylic acids is 2. The molecule has 2 aromatic rings. The summed E-state index contributed by atoms with van der Waals surface area (Å²) >= 11 is 0. The number of methoxy groups -OCH3 is 2. The average molecular weight is 664 g/mol. The lowest BCUT2D eigenvalue weighted by Gasteiger charge is -2.34. The van der Waals surface area contributed by atoms with Gasteiger partial charge in [-0.15, -0.1) is 0 Å². The molecule has 1 aromatic heterocycles. The molecule has 0 spiro atoms. The number of hydrogen-bond acceptors (Lipinski definition) is 14. The van der Waals surface area contributed by atoms with Crippen LogP contribution in [0.25, 0.3) is 0 Å². The van der Waals surface area contributed by atoms with E-state index in [0.717, 1.165) is 34.1 Å². The van der Waals surface area contributed by atoms with Crippen LogP contribution >= 0.6 is 0 Å². The topological polar surface area (TPSA) is 218 Å². The maximum atomic E-state index is 13.4. The third-order valence-electron chi connectivity index (χ3n) is 7.91. The molecule has 1 amide bonds. The average Bonchev–Trinajstić information content (AvgIpc) is 3.54. The first-order valence-electron chi connectivity index (χ1n) is 14.6. The Morgan fingerprint density at radius 3 is 2.47 bits per heavy atom. The van der Waals surface area contributed by atoms with Crippen LogP contribution in [-0.2, 0) is 56.1 Å². The molecule has 0 unspecified atom stereocenters. The highest BCUT2D eigenvalue weighted by molar-refractivity contribution is 5.86. The summed E-state index contributed by atoms with van der Waals surface area (Å²) < 4.78 is 46.5. The van der Waals surface area contributed by atoms with Crippen LogP contribution in [0.1, 0.15) is 25.6 Å². The number of amides is 1. The zero-order chi connectivity index (χ0) is 34.0. The number of esters is 1. The molecule has 3 aliphatic rings. The fourth-order valence-corrected chi connectivity index (χ4v) is 5.62. The maximum absolute atomic E-state index is 13.4. The highest BCUT2D eigenvalue weighted by atomic mass is 16.8. The van der Waals surface area contributed by atoms with Gasteiger partial charge in [0.05, 0.1) is 27.4 Å². The molecule has 0 saturated carbocycles. The number of carbonyl (C=O) groups is 2. The van der Waals surface area contributed by atoms with Crippen LogP contribution in [0.5, 0.6) is 5.75 Å². The van der Waals surface area contributed by atoms with Crippen molar-refractivity contribution in [2.24, 2.45) is 11.7 Å². The van der Waals surface area contributed by atoms with Crippen LogP contribution in [0, 0.1) is 5.92 Å². The molecule has 0 radical (unpaired) electrons. The van der Waals surface area contributed by atoms with E-state index in [1.54, 1.807) is 38.1 Å². The van der Waals surface area contributed by atoms with Crippen molar-refractivity contribution < 1.29 is 57.7 Å². The Kier molecular flexibility index (Phi) is 10.2. The smallest absolute Gasteiger partial charge is 0.373 e. The maximum Gasteiger partial charge on any atom is 0.373 e. The van der Waals surface area contributed by atoms with Crippen LogP contribution in [-0.4, -0.2) is 94.6 Å². The number of aliphatic hydroxyl groups is 2. The van der Waals surface area contributed by atoms with Crippen LogP contribution < -0.4 is 21.7 Å². The second kappa shape index (κ2) is 13.9. The van der Waals surface area contributed by atoms with Crippen LogP contribution in [0.4, 0.5) is 0 Å². The van der Waals surface area contributed by atoms with Crippen LogP contribution in [0.3, 0.4) is 0 Å². The van der Waals surface area contributed by atoms with Gasteiger partial charge in [0.1, 0.15) is 30.8 Å². The van der Waals surface area contributed by atoms with Gasteiger partial charge < -0.3 is 53.8 Å². The monoisotopic (exact) mass is 663 g/mol. The number of benzene rings is 1. The number of ether oxygens (including phenoxy) is 8. The minimum Gasteiger partial charge on any atom is -0.497 e. The number of aromatic nitrogens is 2. The SMILES string of the molecule is COC(=O)C1=C[C@@H]2OC(C)(C)O[C@@H]2[C@@H](O[C@@H](C(N)=O)[C@H]2O[C@@H](n3ccc(=O)n(COCc4ccc(OC)cc4)c3=O)[C@H](O)[C@@H]2CO)O1. The van der Waals surface area contributed by atoms with Crippen molar-refractivity contribution in [2.75, 3.05) is 20.8 Å².